The molecule has 0 saturated heterocycles. The predicted molar refractivity (Wildman–Crippen MR) is 34.2 cm³/mol. The summed E-state index contributed by atoms with van der Waals surface area (Å²) in [5.41, 5.74) is 2.65. The molecular weight excluding hydrogens is 102 g/mol. The van der Waals surface area contributed by atoms with E-state index in [0.717, 1.165) is 0 Å². The van der Waals surface area contributed by atoms with E-state index in [-0.39, 0.29) is 6.10 Å². The maximum Gasteiger partial charge on any atom is 0.0797 e. The van der Waals surface area contributed by atoms with Gasteiger partial charge in [-0.2, -0.15) is 0 Å². The first kappa shape index (κ1) is 7.50. The highest BCUT2D eigenvalue weighted by Gasteiger charge is 1.85. The molecule has 0 heterocycles. The summed E-state index contributed by atoms with van der Waals surface area (Å²) in [4.78, 5) is 4.95. The van der Waals surface area contributed by atoms with Crippen LogP contribution < -0.4 is 5.48 Å². The topological polar surface area (TPSA) is 21.3 Å². The lowest BCUT2D eigenvalue weighted by atomic mass is 10.5. The molecule has 0 aliphatic carbocycles. The Balaban J connectivity index is 2.93. The van der Waals surface area contributed by atoms with E-state index >= 15 is 0 Å². The van der Waals surface area contributed by atoms with Gasteiger partial charge in [0.15, 0.2) is 0 Å². The third kappa shape index (κ3) is 5.50. The largest absolute Gasteiger partial charge is 0.274 e. The van der Waals surface area contributed by atoms with Crippen molar-refractivity contribution in [3.63, 3.8) is 0 Å². The maximum absolute atomic E-state index is 4.95. The zero-order chi connectivity index (χ0) is 6.41. The number of hydrogen-bond acceptors (Lipinski definition) is 2. The number of allylic oxidation sites excluding steroid dienone is 1. The lowest BCUT2D eigenvalue weighted by Gasteiger charge is -2.03. The zero-order valence-electron chi connectivity index (χ0n) is 5.64. The fraction of sp³-hybridized carbons (Fsp3) is 0.667. The summed E-state index contributed by atoms with van der Waals surface area (Å²) in [5, 5.41) is 0. The Morgan fingerprint density at radius 2 is 2.12 bits per heavy atom. The van der Waals surface area contributed by atoms with Gasteiger partial charge in [-0.15, -0.1) is 0 Å². The van der Waals surface area contributed by atoms with Crippen LogP contribution in [-0.2, 0) is 4.84 Å². The average Bonchev–Trinajstić information content (AvgIpc) is 1.66. The molecule has 8 heavy (non-hydrogen) atoms. The Morgan fingerprint density at radius 1 is 1.50 bits per heavy atom. The molecule has 0 fully saturated rings. The first-order valence-corrected chi connectivity index (χ1v) is 2.79. The molecule has 0 spiro atoms. The second kappa shape index (κ2) is 4.65. The van der Waals surface area contributed by atoms with Crippen molar-refractivity contribution >= 4 is 0 Å². The van der Waals surface area contributed by atoms with Gasteiger partial charge >= 0.3 is 0 Å². The van der Waals surface area contributed by atoms with Crippen LogP contribution in [0.1, 0.15) is 20.8 Å². The molecule has 0 aromatic rings. The molecule has 0 amide bonds. The molecule has 0 aromatic heterocycles. The van der Waals surface area contributed by atoms with Gasteiger partial charge in [-0.3, -0.25) is 10.3 Å². The molecule has 1 N–H and O–H groups in total. The normalized spacial score (nSPS) is 11.0. The van der Waals surface area contributed by atoms with Crippen molar-refractivity contribution in [1.29, 1.82) is 0 Å². The number of hydroxylamine groups is 1. The molecule has 2 nitrogen and oxygen atoms in total. The van der Waals surface area contributed by atoms with Crippen LogP contribution in [0.5, 0.6) is 0 Å². The van der Waals surface area contributed by atoms with Crippen LogP contribution in [0.25, 0.3) is 0 Å². The third-order valence-corrected chi connectivity index (χ3v) is 0.538. The van der Waals surface area contributed by atoms with Gasteiger partial charge in [0.25, 0.3) is 0 Å². The van der Waals surface area contributed by atoms with Crippen molar-refractivity contribution in [2.45, 2.75) is 26.9 Å². The SMILES string of the molecule is CC=CNOC(C)C. The van der Waals surface area contributed by atoms with Crippen molar-refractivity contribution in [2.24, 2.45) is 0 Å². The lowest BCUT2D eigenvalue weighted by molar-refractivity contribution is 0.0211. The van der Waals surface area contributed by atoms with Crippen LogP contribution in [0.2, 0.25) is 0 Å². The molecular formula is C6H13NO. The summed E-state index contributed by atoms with van der Waals surface area (Å²) >= 11 is 0. The fourth-order valence-electron chi connectivity index (χ4n) is 0.243. The van der Waals surface area contributed by atoms with E-state index < -0.39 is 0 Å². The highest BCUT2D eigenvalue weighted by Crippen LogP contribution is 1.80. The van der Waals surface area contributed by atoms with E-state index in [1.54, 1.807) is 6.20 Å². The third-order valence-electron chi connectivity index (χ3n) is 0.538. The van der Waals surface area contributed by atoms with Crippen LogP contribution >= 0.6 is 0 Å². The minimum absolute atomic E-state index is 0.242. The minimum atomic E-state index is 0.242. The first-order valence-electron chi connectivity index (χ1n) is 2.79. The van der Waals surface area contributed by atoms with Crippen LogP contribution in [0.15, 0.2) is 12.3 Å². The Labute approximate surface area is 50.5 Å². The van der Waals surface area contributed by atoms with Gasteiger partial charge in [-0.1, -0.05) is 6.08 Å². The fourth-order valence-corrected chi connectivity index (χ4v) is 0.243. The van der Waals surface area contributed by atoms with Gasteiger partial charge in [0.1, 0.15) is 0 Å². The number of hydrogen-bond donors (Lipinski definition) is 1. The van der Waals surface area contributed by atoms with Crippen molar-refractivity contribution < 1.29 is 4.84 Å². The summed E-state index contributed by atoms with van der Waals surface area (Å²) in [7, 11) is 0. The average molecular weight is 115 g/mol. The van der Waals surface area contributed by atoms with Crippen LogP contribution in [0, 0.1) is 0 Å². The van der Waals surface area contributed by atoms with Gasteiger partial charge in [-0.25, -0.2) is 0 Å². The lowest BCUT2D eigenvalue weighted by Crippen LogP contribution is -2.12. The Kier molecular flexibility index (Phi) is 4.36. The quantitative estimate of drug-likeness (QED) is 0.562. The highest BCUT2D eigenvalue weighted by molar-refractivity contribution is 4.69. The summed E-state index contributed by atoms with van der Waals surface area (Å²) in [6.07, 6.45) is 3.87. The maximum atomic E-state index is 4.95. The molecule has 0 atom stereocenters. The summed E-state index contributed by atoms with van der Waals surface area (Å²) in [6.45, 7) is 5.86. The van der Waals surface area contributed by atoms with E-state index in [9.17, 15) is 0 Å². The van der Waals surface area contributed by atoms with Crippen molar-refractivity contribution in [1.82, 2.24) is 5.48 Å². The van der Waals surface area contributed by atoms with Gasteiger partial charge in [-0.05, 0) is 20.8 Å². The monoisotopic (exact) mass is 115 g/mol. The molecule has 2 heteroatoms. The van der Waals surface area contributed by atoms with Gasteiger partial charge in [0.05, 0.1) is 6.10 Å². The van der Waals surface area contributed by atoms with Gasteiger partial charge < -0.3 is 0 Å². The standard InChI is InChI=1S/C6H13NO/c1-4-5-7-8-6(2)3/h4-7H,1-3H3. The van der Waals surface area contributed by atoms with Crippen molar-refractivity contribution in [3.05, 3.63) is 12.3 Å². The molecule has 0 bridgehead atoms. The molecule has 48 valence electrons. The van der Waals surface area contributed by atoms with Crippen LogP contribution in [0.4, 0.5) is 0 Å². The molecule has 0 unspecified atom stereocenters. The van der Waals surface area contributed by atoms with E-state index in [2.05, 4.69) is 5.48 Å². The Hall–Kier alpha value is -0.500. The van der Waals surface area contributed by atoms with E-state index in [1.165, 1.54) is 0 Å². The summed E-state index contributed by atoms with van der Waals surface area (Å²) in [5.74, 6) is 0. The highest BCUT2D eigenvalue weighted by atomic mass is 16.7. The van der Waals surface area contributed by atoms with Gasteiger partial charge in [0.2, 0.25) is 0 Å². The molecule has 0 radical (unpaired) electrons. The molecule has 0 aliphatic rings. The molecule has 0 rings (SSSR count). The molecule has 0 saturated carbocycles. The Bertz CT molecular complexity index is 68.9. The van der Waals surface area contributed by atoms with E-state index in [4.69, 9.17) is 4.84 Å². The minimum Gasteiger partial charge on any atom is -0.274 e. The summed E-state index contributed by atoms with van der Waals surface area (Å²) in [6, 6.07) is 0. The summed E-state index contributed by atoms with van der Waals surface area (Å²) < 4.78 is 0. The number of rotatable bonds is 3. The smallest absolute Gasteiger partial charge is 0.0797 e. The second-order valence-electron chi connectivity index (χ2n) is 1.78. The van der Waals surface area contributed by atoms with E-state index in [0.29, 0.717) is 0 Å². The van der Waals surface area contributed by atoms with Gasteiger partial charge in [0, 0.05) is 6.20 Å². The Morgan fingerprint density at radius 3 is 2.50 bits per heavy atom. The first-order chi connectivity index (χ1) is 3.77. The van der Waals surface area contributed by atoms with Crippen molar-refractivity contribution in [3.8, 4) is 0 Å². The zero-order valence-corrected chi connectivity index (χ0v) is 5.64. The predicted octanol–water partition coefficient (Wildman–Crippen LogP) is 1.45. The molecule has 0 aliphatic heterocycles. The second-order valence-corrected chi connectivity index (χ2v) is 1.78. The van der Waals surface area contributed by atoms with Crippen molar-refractivity contribution in [2.75, 3.05) is 0 Å². The van der Waals surface area contributed by atoms with Crippen LogP contribution in [-0.4, -0.2) is 6.10 Å². The number of nitrogens with one attached hydrogen (secondary N) is 1. The van der Waals surface area contributed by atoms with Crippen LogP contribution in [0.3, 0.4) is 0 Å². The van der Waals surface area contributed by atoms with E-state index in [1.807, 2.05) is 26.8 Å². The molecule has 0 aromatic carbocycles.